The van der Waals surface area contributed by atoms with Gasteiger partial charge < -0.3 is 14.5 Å². The summed E-state index contributed by atoms with van der Waals surface area (Å²) in [7, 11) is 1.63. The summed E-state index contributed by atoms with van der Waals surface area (Å²) in [5, 5.41) is 2.11. The Hall–Kier alpha value is -3.76. The number of amides is 1. The summed E-state index contributed by atoms with van der Waals surface area (Å²) < 4.78 is 21.9. The number of hydrogen-bond acceptors (Lipinski definition) is 7. The average molecular weight is 546 g/mol. The summed E-state index contributed by atoms with van der Waals surface area (Å²) in [5.41, 5.74) is 3.33. The van der Waals surface area contributed by atoms with Gasteiger partial charge in [-0.2, -0.15) is 4.98 Å². The molecular weight excluding hydrogens is 517 g/mol. The molecule has 0 aliphatic carbocycles. The molecule has 0 N–H and O–H groups in total. The monoisotopic (exact) mass is 545 g/mol. The van der Waals surface area contributed by atoms with E-state index in [-0.39, 0.29) is 23.5 Å². The van der Waals surface area contributed by atoms with Crippen molar-refractivity contribution in [3.8, 4) is 11.1 Å². The first kappa shape index (κ1) is 25.5. The van der Waals surface area contributed by atoms with Crippen molar-refractivity contribution in [2.24, 2.45) is 0 Å². The molecule has 200 valence electrons. The van der Waals surface area contributed by atoms with Crippen LogP contribution in [0.25, 0.3) is 32.8 Å². The predicted molar refractivity (Wildman–Crippen MR) is 152 cm³/mol. The quantitative estimate of drug-likeness (QED) is 0.348. The molecule has 8 nitrogen and oxygen atoms in total. The molecule has 2 aliphatic rings. The Labute approximate surface area is 229 Å². The first-order valence-corrected chi connectivity index (χ1v) is 13.8. The maximum Gasteiger partial charge on any atom is 0.350 e. The second kappa shape index (κ2) is 10.1. The Morgan fingerprint density at radius 3 is 2.74 bits per heavy atom. The number of thioether (sulfide) groups is 1. The third-order valence-corrected chi connectivity index (χ3v) is 8.82. The van der Waals surface area contributed by atoms with Gasteiger partial charge in [-0.25, -0.2) is 9.18 Å². The molecule has 1 unspecified atom stereocenters. The van der Waals surface area contributed by atoms with Gasteiger partial charge in [0.15, 0.2) is 0 Å². The van der Waals surface area contributed by atoms with Crippen molar-refractivity contribution in [3.05, 3.63) is 71.2 Å². The minimum atomic E-state index is -0.328. The van der Waals surface area contributed by atoms with Gasteiger partial charge in [0, 0.05) is 78.1 Å². The average Bonchev–Trinajstić information content (AvgIpc) is 2.96. The topological polar surface area (TPSA) is 80.6 Å². The van der Waals surface area contributed by atoms with Crippen LogP contribution in [-0.4, -0.2) is 71.0 Å². The number of fused-ring (bicyclic) bond motifs is 1. The summed E-state index contributed by atoms with van der Waals surface area (Å²) in [6.07, 6.45) is 4.62. The van der Waals surface area contributed by atoms with Gasteiger partial charge >= 0.3 is 5.69 Å². The van der Waals surface area contributed by atoms with Crippen molar-refractivity contribution in [3.63, 3.8) is 0 Å². The summed E-state index contributed by atoms with van der Waals surface area (Å²) in [5.74, 6) is 0.873. The molecule has 0 radical (unpaired) electrons. The molecule has 2 aliphatic heterocycles. The molecule has 0 bridgehead atoms. The lowest BCUT2D eigenvalue weighted by atomic mass is 9.94. The minimum Gasteiger partial charge on any atom is -0.383 e. The summed E-state index contributed by atoms with van der Waals surface area (Å²) in [6.45, 7) is 8.19. The molecule has 4 heterocycles. The van der Waals surface area contributed by atoms with Crippen LogP contribution in [0.15, 0.2) is 59.0 Å². The van der Waals surface area contributed by atoms with Crippen LogP contribution in [0, 0.1) is 12.7 Å². The summed E-state index contributed by atoms with van der Waals surface area (Å²) in [6, 6.07) is 6.88. The number of aromatic nitrogens is 3. The number of piperazine rings is 1. The molecule has 1 fully saturated rings. The number of rotatable bonds is 5. The number of halogens is 1. The number of methoxy groups -OCH3 is 1. The fourth-order valence-electron chi connectivity index (χ4n) is 5.75. The third kappa shape index (κ3) is 4.18. The minimum absolute atomic E-state index is 0.0973. The van der Waals surface area contributed by atoms with Gasteiger partial charge in [0.25, 0.3) is 0 Å². The highest BCUT2D eigenvalue weighted by atomic mass is 32.2. The maximum absolute atomic E-state index is 14.7. The van der Waals surface area contributed by atoms with E-state index in [4.69, 9.17) is 4.74 Å². The molecule has 10 heteroatoms. The van der Waals surface area contributed by atoms with Crippen LogP contribution in [0.2, 0.25) is 0 Å². The zero-order valence-corrected chi connectivity index (χ0v) is 22.6. The van der Waals surface area contributed by atoms with Crippen molar-refractivity contribution in [1.82, 2.24) is 19.4 Å². The van der Waals surface area contributed by atoms with Gasteiger partial charge in [0.1, 0.15) is 11.6 Å². The van der Waals surface area contributed by atoms with E-state index in [1.54, 1.807) is 52.9 Å². The SMILES string of the molecule is C=CC(=O)N1CCN(c2nc(=O)n3c4c(c(-c5ccc(F)c6ccncc56)c(C)cc24)SCC3COC)CC1. The molecule has 1 atom stereocenters. The van der Waals surface area contributed by atoms with Crippen LogP contribution in [0.5, 0.6) is 0 Å². The Morgan fingerprint density at radius 1 is 1.21 bits per heavy atom. The van der Waals surface area contributed by atoms with E-state index < -0.39 is 0 Å². The van der Waals surface area contributed by atoms with Crippen LogP contribution in [0.1, 0.15) is 11.6 Å². The smallest absolute Gasteiger partial charge is 0.350 e. The van der Waals surface area contributed by atoms with Crippen molar-refractivity contribution in [1.29, 1.82) is 0 Å². The van der Waals surface area contributed by atoms with E-state index in [2.05, 4.69) is 27.5 Å². The normalized spacial score (nSPS) is 17.2. The highest BCUT2D eigenvalue weighted by molar-refractivity contribution is 7.99. The standard InChI is InChI=1S/C29H28FN5O3S/c1-4-24(36)33-9-11-34(12-10-33)28-21-13-17(2)25(20-5-6-23(30)19-7-8-31-14-22(19)20)27-26(21)35(29(37)32-28)18(15-38-3)16-39-27/h4-8,13-14,18H,1,9-12,15-16H2,2-3H3. The predicted octanol–water partition coefficient (Wildman–Crippen LogP) is 4.19. The van der Waals surface area contributed by atoms with Gasteiger partial charge in [-0.05, 0) is 42.3 Å². The molecule has 1 saturated heterocycles. The Bertz CT molecular complexity index is 1700. The van der Waals surface area contributed by atoms with E-state index in [1.807, 2.05) is 6.92 Å². The summed E-state index contributed by atoms with van der Waals surface area (Å²) >= 11 is 1.68. The van der Waals surface area contributed by atoms with E-state index >= 15 is 0 Å². The number of pyridine rings is 1. The second-order valence-electron chi connectivity index (χ2n) is 9.83. The van der Waals surface area contributed by atoms with E-state index in [9.17, 15) is 14.0 Å². The van der Waals surface area contributed by atoms with Crippen molar-refractivity contribution >= 4 is 45.2 Å². The van der Waals surface area contributed by atoms with Gasteiger partial charge in [-0.15, -0.1) is 11.8 Å². The van der Waals surface area contributed by atoms with Crippen LogP contribution < -0.4 is 10.6 Å². The summed E-state index contributed by atoms with van der Waals surface area (Å²) in [4.78, 5) is 39.4. The van der Waals surface area contributed by atoms with Gasteiger partial charge in [-0.1, -0.05) is 12.6 Å². The fraction of sp³-hybridized carbons (Fsp3) is 0.310. The number of benzene rings is 2. The fourth-order valence-corrected chi connectivity index (χ4v) is 7.11. The second-order valence-corrected chi connectivity index (χ2v) is 10.9. The number of ether oxygens (including phenoxy) is 1. The van der Waals surface area contributed by atoms with Crippen molar-refractivity contribution < 1.29 is 13.9 Å². The number of aryl methyl sites for hydroxylation is 1. The Kier molecular flexibility index (Phi) is 6.60. The van der Waals surface area contributed by atoms with Gasteiger partial charge in [0.05, 0.1) is 18.2 Å². The van der Waals surface area contributed by atoms with E-state index in [1.165, 1.54) is 12.1 Å². The molecule has 2 aromatic carbocycles. The zero-order valence-electron chi connectivity index (χ0n) is 21.8. The lowest BCUT2D eigenvalue weighted by molar-refractivity contribution is -0.126. The molecule has 0 saturated carbocycles. The molecule has 4 aromatic rings. The highest BCUT2D eigenvalue weighted by Gasteiger charge is 2.31. The molecule has 0 spiro atoms. The van der Waals surface area contributed by atoms with Crippen molar-refractivity contribution in [2.75, 3.05) is 50.5 Å². The Balaban J connectivity index is 1.59. The lowest BCUT2D eigenvalue weighted by Crippen LogP contribution is -2.49. The highest BCUT2D eigenvalue weighted by Crippen LogP contribution is 2.47. The van der Waals surface area contributed by atoms with Crippen LogP contribution in [0.3, 0.4) is 0 Å². The van der Waals surface area contributed by atoms with Crippen LogP contribution in [-0.2, 0) is 9.53 Å². The van der Waals surface area contributed by atoms with E-state index in [0.717, 1.165) is 37.9 Å². The number of nitrogens with zero attached hydrogens (tertiary/aromatic N) is 5. The Morgan fingerprint density at radius 2 is 2.00 bits per heavy atom. The molecule has 2 aromatic heterocycles. The zero-order chi connectivity index (χ0) is 27.3. The molecule has 39 heavy (non-hydrogen) atoms. The third-order valence-electron chi connectivity index (χ3n) is 7.59. The van der Waals surface area contributed by atoms with E-state index in [0.29, 0.717) is 49.7 Å². The number of hydrogen-bond donors (Lipinski definition) is 0. The van der Waals surface area contributed by atoms with Crippen LogP contribution in [0.4, 0.5) is 10.2 Å². The molecule has 6 rings (SSSR count). The first-order chi connectivity index (χ1) is 18.9. The number of carbonyl (C=O) groups is 1. The first-order valence-electron chi connectivity index (χ1n) is 12.8. The lowest BCUT2D eigenvalue weighted by Gasteiger charge is -2.36. The molecular formula is C29H28FN5O3S. The van der Waals surface area contributed by atoms with Gasteiger partial charge in [-0.3, -0.25) is 14.3 Å². The largest absolute Gasteiger partial charge is 0.383 e. The van der Waals surface area contributed by atoms with Gasteiger partial charge in [0.2, 0.25) is 5.91 Å². The maximum atomic E-state index is 14.7. The number of carbonyl (C=O) groups excluding carboxylic acids is 1. The van der Waals surface area contributed by atoms with Crippen molar-refractivity contribution in [2.45, 2.75) is 17.9 Å². The number of anilines is 1. The molecule has 1 amide bonds. The van der Waals surface area contributed by atoms with Crippen LogP contribution >= 0.6 is 11.8 Å².